The zero-order chi connectivity index (χ0) is 5.86. The van der Waals surface area contributed by atoms with Crippen LogP contribution in [0.2, 0.25) is 0 Å². The van der Waals surface area contributed by atoms with Gasteiger partial charge in [-0.15, -0.1) is 0 Å². The van der Waals surface area contributed by atoms with Gasteiger partial charge in [-0.3, -0.25) is 10.4 Å². The molecule has 0 atom stereocenters. The zero-order valence-corrected chi connectivity index (χ0v) is 4.68. The number of rotatable bonds is 2. The number of nitrogens with zero attached hydrogens (tertiary/aromatic N) is 1. The second-order valence-electron chi connectivity index (χ2n) is 1.67. The molecule has 0 radical (unpaired) electrons. The van der Waals surface area contributed by atoms with Crippen LogP contribution < -0.4 is 5.84 Å². The molecule has 0 amide bonds. The van der Waals surface area contributed by atoms with Gasteiger partial charge in [0.05, 0.1) is 6.34 Å². The maximum atomic E-state index is 6.62. The van der Waals surface area contributed by atoms with Gasteiger partial charge in [-0.2, -0.15) is 0 Å². The Hall–Kier alpha value is -0.570. The Morgan fingerprint density at radius 1 is 1.71 bits per heavy atom. The van der Waals surface area contributed by atoms with Crippen LogP contribution in [0.5, 0.6) is 0 Å². The van der Waals surface area contributed by atoms with E-state index in [1.165, 1.54) is 5.01 Å². The lowest BCUT2D eigenvalue weighted by molar-refractivity contribution is 0.373. The number of hydrogen-bond donors (Lipinski definition) is 2. The fraction of sp³-hybridized carbons (Fsp3) is 0.750. The van der Waals surface area contributed by atoms with Gasteiger partial charge in [0, 0.05) is 6.04 Å². The van der Waals surface area contributed by atoms with Gasteiger partial charge in [-0.1, -0.05) is 0 Å². The van der Waals surface area contributed by atoms with Crippen LogP contribution >= 0.6 is 0 Å². The molecule has 0 aliphatic carbocycles. The SMILES string of the molecule is CC(C)N(N)C=N. The molecular weight excluding hydrogens is 90.1 g/mol. The summed E-state index contributed by atoms with van der Waals surface area (Å²) in [5, 5.41) is 7.95. The van der Waals surface area contributed by atoms with Crippen LogP contribution in [0.3, 0.4) is 0 Å². The molecule has 0 aliphatic heterocycles. The molecule has 0 aromatic heterocycles. The van der Waals surface area contributed by atoms with Crippen LogP contribution in [-0.2, 0) is 0 Å². The van der Waals surface area contributed by atoms with Crippen molar-refractivity contribution in [1.82, 2.24) is 5.01 Å². The van der Waals surface area contributed by atoms with Crippen molar-refractivity contribution >= 4 is 6.34 Å². The highest BCUT2D eigenvalue weighted by Crippen LogP contribution is 1.81. The lowest BCUT2D eigenvalue weighted by Crippen LogP contribution is -2.35. The summed E-state index contributed by atoms with van der Waals surface area (Å²) in [4.78, 5) is 0. The molecule has 0 saturated carbocycles. The van der Waals surface area contributed by atoms with Crippen molar-refractivity contribution in [3.05, 3.63) is 0 Å². The molecule has 0 bridgehead atoms. The van der Waals surface area contributed by atoms with Gasteiger partial charge in [0.1, 0.15) is 0 Å². The van der Waals surface area contributed by atoms with Crippen LogP contribution in [0.4, 0.5) is 0 Å². The first kappa shape index (κ1) is 6.43. The van der Waals surface area contributed by atoms with E-state index in [-0.39, 0.29) is 6.04 Å². The van der Waals surface area contributed by atoms with Gasteiger partial charge in [-0.25, -0.2) is 5.84 Å². The van der Waals surface area contributed by atoms with E-state index in [9.17, 15) is 0 Å². The van der Waals surface area contributed by atoms with Gasteiger partial charge >= 0.3 is 0 Å². The molecule has 0 aliphatic rings. The van der Waals surface area contributed by atoms with Gasteiger partial charge in [-0.05, 0) is 13.8 Å². The molecular formula is C4H11N3. The molecule has 3 nitrogen and oxygen atoms in total. The van der Waals surface area contributed by atoms with Crippen molar-refractivity contribution in [2.75, 3.05) is 0 Å². The third-order valence-corrected chi connectivity index (χ3v) is 0.745. The van der Waals surface area contributed by atoms with Crippen molar-refractivity contribution < 1.29 is 0 Å². The predicted octanol–water partition coefficient (Wildman–Crippen LogP) is 0.178. The Morgan fingerprint density at radius 3 is 2.14 bits per heavy atom. The van der Waals surface area contributed by atoms with Crippen LogP contribution in [0.1, 0.15) is 13.8 Å². The summed E-state index contributed by atoms with van der Waals surface area (Å²) in [5.41, 5.74) is 0. The topological polar surface area (TPSA) is 53.1 Å². The maximum Gasteiger partial charge on any atom is 0.0961 e. The highest BCUT2D eigenvalue weighted by Gasteiger charge is 1.93. The van der Waals surface area contributed by atoms with Crippen LogP contribution in [0.25, 0.3) is 0 Å². The fourth-order valence-corrected chi connectivity index (χ4v) is 0.149. The van der Waals surface area contributed by atoms with Crippen LogP contribution in [0, 0.1) is 5.41 Å². The molecule has 0 unspecified atom stereocenters. The first-order valence-electron chi connectivity index (χ1n) is 2.22. The molecule has 0 spiro atoms. The Kier molecular flexibility index (Phi) is 2.37. The van der Waals surface area contributed by atoms with Gasteiger partial charge < -0.3 is 0 Å². The van der Waals surface area contributed by atoms with E-state index in [0.717, 1.165) is 6.34 Å². The molecule has 0 fully saturated rings. The Balaban J connectivity index is 3.33. The summed E-state index contributed by atoms with van der Waals surface area (Å²) in [6, 6.07) is 0.234. The van der Waals surface area contributed by atoms with E-state index < -0.39 is 0 Å². The summed E-state index contributed by atoms with van der Waals surface area (Å²) in [6.07, 6.45) is 1.10. The van der Waals surface area contributed by atoms with Crippen molar-refractivity contribution in [3.8, 4) is 0 Å². The molecule has 0 heterocycles. The van der Waals surface area contributed by atoms with E-state index in [1.807, 2.05) is 13.8 Å². The molecule has 3 heteroatoms. The summed E-state index contributed by atoms with van der Waals surface area (Å²) >= 11 is 0. The Morgan fingerprint density at radius 2 is 2.14 bits per heavy atom. The largest absolute Gasteiger partial charge is 0.299 e. The van der Waals surface area contributed by atoms with E-state index >= 15 is 0 Å². The van der Waals surface area contributed by atoms with E-state index in [1.54, 1.807) is 0 Å². The zero-order valence-electron chi connectivity index (χ0n) is 4.68. The van der Waals surface area contributed by atoms with Crippen LogP contribution in [0.15, 0.2) is 0 Å². The monoisotopic (exact) mass is 101 g/mol. The summed E-state index contributed by atoms with van der Waals surface area (Å²) in [7, 11) is 0. The molecule has 0 aromatic carbocycles. The summed E-state index contributed by atoms with van der Waals surface area (Å²) in [5.74, 6) is 5.21. The minimum Gasteiger partial charge on any atom is -0.299 e. The van der Waals surface area contributed by atoms with Crippen molar-refractivity contribution in [3.63, 3.8) is 0 Å². The summed E-state index contributed by atoms with van der Waals surface area (Å²) in [6.45, 7) is 3.84. The lowest BCUT2D eigenvalue weighted by Gasteiger charge is -2.14. The Bertz CT molecular complexity index is 60.0. The molecule has 42 valence electrons. The van der Waals surface area contributed by atoms with E-state index in [0.29, 0.717) is 0 Å². The van der Waals surface area contributed by atoms with Crippen molar-refractivity contribution in [1.29, 1.82) is 5.41 Å². The predicted molar refractivity (Wildman–Crippen MR) is 29.9 cm³/mol. The molecule has 0 rings (SSSR count). The maximum absolute atomic E-state index is 6.62. The molecule has 3 N–H and O–H groups in total. The lowest BCUT2D eigenvalue weighted by atomic mass is 10.4. The van der Waals surface area contributed by atoms with E-state index in [2.05, 4.69) is 0 Å². The quantitative estimate of drug-likeness (QED) is 0.225. The van der Waals surface area contributed by atoms with E-state index in [4.69, 9.17) is 11.3 Å². The molecule has 0 saturated heterocycles. The minimum absolute atomic E-state index is 0.234. The fourth-order valence-electron chi connectivity index (χ4n) is 0.149. The minimum atomic E-state index is 0.234. The first-order chi connectivity index (χ1) is 3.18. The first-order valence-corrected chi connectivity index (χ1v) is 2.22. The average Bonchev–Trinajstić information content (AvgIpc) is 1.65. The number of nitrogens with two attached hydrogens (primary N) is 1. The number of hydrazine groups is 1. The highest BCUT2D eigenvalue weighted by molar-refractivity contribution is 5.49. The third-order valence-electron chi connectivity index (χ3n) is 0.745. The smallest absolute Gasteiger partial charge is 0.0961 e. The number of hydrogen-bond acceptors (Lipinski definition) is 2. The molecule has 0 aromatic rings. The summed E-state index contributed by atoms with van der Waals surface area (Å²) < 4.78 is 0. The van der Waals surface area contributed by atoms with Gasteiger partial charge in [0.25, 0.3) is 0 Å². The van der Waals surface area contributed by atoms with Gasteiger partial charge in [0.2, 0.25) is 0 Å². The van der Waals surface area contributed by atoms with Crippen molar-refractivity contribution in [2.45, 2.75) is 19.9 Å². The average molecular weight is 101 g/mol. The Labute approximate surface area is 43.6 Å². The van der Waals surface area contributed by atoms with Crippen molar-refractivity contribution in [2.24, 2.45) is 5.84 Å². The standard InChI is InChI=1S/C4H11N3/c1-4(2)7(6)3-5/h3-5H,6H2,1-2H3. The molecule has 7 heavy (non-hydrogen) atoms. The normalized spacial score (nSPS) is 9.14. The second-order valence-corrected chi connectivity index (χ2v) is 1.67. The number of nitrogens with one attached hydrogen (secondary N) is 1. The second kappa shape index (κ2) is 2.58. The third kappa shape index (κ3) is 2.17. The van der Waals surface area contributed by atoms with Gasteiger partial charge in [0.15, 0.2) is 0 Å². The highest BCUT2D eigenvalue weighted by atomic mass is 15.4. The van der Waals surface area contributed by atoms with Crippen LogP contribution in [-0.4, -0.2) is 17.4 Å².